The molecular weight excluding hydrogens is 525 g/mol. The van der Waals surface area contributed by atoms with E-state index in [1.165, 1.54) is 18.3 Å². The standard InChI is InChI=1S/C26H28ClF3N4O4/c1-25(2,38-21-7-4-17(27)9-16(21)13-35)24(37)33-18-10-19-5-6-20(11-18)34(19)22-8-3-15(12-31-22)23(36)32-14-26(28,29)30/h3-4,7-9,12-13,18-20H,5-6,10-11,14H2,1-2H3,(H,32,36)(H,33,37). The molecule has 2 unspecified atom stereocenters. The monoisotopic (exact) mass is 552 g/mol. The Morgan fingerprint density at radius 1 is 1.16 bits per heavy atom. The van der Waals surface area contributed by atoms with Crippen LogP contribution >= 0.6 is 11.6 Å². The highest BCUT2D eigenvalue weighted by molar-refractivity contribution is 6.30. The predicted molar refractivity (Wildman–Crippen MR) is 135 cm³/mol. The quantitative estimate of drug-likeness (QED) is 0.473. The van der Waals surface area contributed by atoms with Crippen molar-refractivity contribution in [2.45, 2.75) is 69.4 Å². The average molecular weight is 553 g/mol. The van der Waals surface area contributed by atoms with Gasteiger partial charge in [0.05, 0.1) is 11.1 Å². The molecule has 2 saturated heterocycles. The number of piperidine rings is 1. The average Bonchev–Trinajstić information content (AvgIpc) is 3.13. The maximum atomic E-state index is 13.1. The van der Waals surface area contributed by atoms with E-state index < -0.39 is 24.2 Å². The molecule has 204 valence electrons. The Bertz CT molecular complexity index is 1190. The molecule has 2 fully saturated rings. The number of ether oxygens (including phenoxy) is 1. The summed E-state index contributed by atoms with van der Waals surface area (Å²) in [5.74, 6) is -0.243. The zero-order valence-corrected chi connectivity index (χ0v) is 21.6. The Kier molecular flexibility index (Phi) is 7.87. The molecule has 2 aliphatic heterocycles. The summed E-state index contributed by atoms with van der Waals surface area (Å²) in [5.41, 5.74) is -0.944. The van der Waals surface area contributed by atoms with Crippen LogP contribution in [0.5, 0.6) is 5.75 Å². The van der Waals surface area contributed by atoms with Gasteiger partial charge < -0.3 is 20.3 Å². The van der Waals surface area contributed by atoms with Crippen LogP contribution in [0.25, 0.3) is 0 Å². The van der Waals surface area contributed by atoms with E-state index in [1.807, 2.05) is 5.32 Å². The van der Waals surface area contributed by atoms with E-state index in [0.717, 1.165) is 12.8 Å². The third-order valence-corrected chi connectivity index (χ3v) is 7.04. The van der Waals surface area contributed by atoms with E-state index >= 15 is 0 Å². The predicted octanol–water partition coefficient (Wildman–Crippen LogP) is 4.31. The number of anilines is 1. The van der Waals surface area contributed by atoms with Gasteiger partial charge in [-0.05, 0) is 69.9 Å². The van der Waals surface area contributed by atoms with E-state index in [4.69, 9.17) is 16.3 Å². The lowest BCUT2D eigenvalue weighted by Crippen LogP contribution is -2.55. The lowest BCUT2D eigenvalue weighted by Gasteiger charge is -2.40. The molecule has 2 N–H and O–H groups in total. The molecule has 2 amide bonds. The molecule has 0 saturated carbocycles. The van der Waals surface area contributed by atoms with Crippen LogP contribution in [-0.2, 0) is 4.79 Å². The summed E-state index contributed by atoms with van der Waals surface area (Å²) in [6.45, 7) is 1.86. The molecule has 0 spiro atoms. The van der Waals surface area contributed by atoms with Gasteiger partial charge in [-0.25, -0.2) is 4.98 Å². The first kappa shape index (κ1) is 27.7. The maximum Gasteiger partial charge on any atom is 0.405 e. The summed E-state index contributed by atoms with van der Waals surface area (Å²) in [6, 6.07) is 7.84. The largest absolute Gasteiger partial charge is 0.477 e. The minimum absolute atomic E-state index is 0.0492. The molecule has 1 aromatic carbocycles. The topological polar surface area (TPSA) is 101 Å². The molecule has 2 atom stereocenters. The van der Waals surface area contributed by atoms with E-state index in [2.05, 4.69) is 15.2 Å². The smallest absolute Gasteiger partial charge is 0.405 e. The first-order valence-corrected chi connectivity index (χ1v) is 12.6. The fourth-order valence-corrected chi connectivity index (χ4v) is 5.19. The number of carbonyl (C=O) groups is 3. The van der Waals surface area contributed by atoms with E-state index in [9.17, 15) is 27.6 Å². The van der Waals surface area contributed by atoms with Crippen LogP contribution in [0.3, 0.4) is 0 Å². The number of fused-ring (bicyclic) bond motifs is 2. The van der Waals surface area contributed by atoms with Gasteiger partial charge >= 0.3 is 6.18 Å². The number of nitrogens with zero attached hydrogens (tertiary/aromatic N) is 2. The second-order valence-corrected chi connectivity index (χ2v) is 10.5. The van der Waals surface area contributed by atoms with Crippen molar-refractivity contribution in [3.05, 3.63) is 52.7 Å². The lowest BCUT2D eigenvalue weighted by atomic mass is 9.96. The normalized spacial score (nSPS) is 21.1. The number of hydrogen-bond acceptors (Lipinski definition) is 6. The van der Waals surface area contributed by atoms with Gasteiger partial charge in [-0.3, -0.25) is 14.4 Å². The highest BCUT2D eigenvalue weighted by Crippen LogP contribution is 2.39. The third-order valence-electron chi connectivity index (χ3n) is 6.80. The molecule has 12 heteroatoms. The molecular formula is C26H28ClF3N4O4. The van der Waals surface area contributed by atoms with Crippen molar-refractivity contribution in [1.29, 1.82) is 0 Å². The number of nitrogens with one attached hydrogen (secondary N) is 2. The van der Waals surface area contributed by atoms with Crippen LogP contribution in [0, 0.1) is 0 Å². The second-order valence-electron chi connectivity index (χ2n) is 10.0. The van der Waals surface area contributed by atoms with Crippen LogP contribution in [0.2, 0.25) is 5.02 Å². The SMILES string of the molecule is CC(C)(Oc1ccc(Cl)cc1C=O)C(=O)NC1CC2CCC(C1)N2c1ccc(C(=O)NCC(F)(F)F)cn1. The summed E-state index contributed by atoms with van der Waals surface area (Å²) in [7, 11) is 0. The number of halogens is 4. The van der Waals surface area contributed by atoms with Crippen molar-refractivity contribution in [2.24, 2.45) is 0 Å². The van der Waals surface area contributed by atoms with Crippen LogP contribution in [-0.4, -0.2) is 59.5 Å². The summed E-state index contributed by atoms with van der Waals surface area (Å²) in [5, 5.41) is 5.30. The van der Waals surface area contributed by atoms with Gasteiger partial charge in [-0.1, -0.05) is 11.6 Å². The van der Waals surface area contributed by atoms with Crippen molar-refractivity contribution in [3.63, 3.8) is 0 Å². The fraction of sp³-hybridized carbons (Fsp3) is 0.462. The molecule has 4 rings (SSSR count). The molecule has 8 nitrogen and oxygen atoms in total. The fourth-order valence-electron chi connectivity index (χ4n) is 5.01. The van der Waals surface area contributed by atoms with Crippen molar-refractivity contribution in [2.75, 3.05) is 11.4 Å². The molecule has 2 bridgehead atoms. The number of carbonyl (C=O) groups excluding carboxylic acids is 3. The number of pyridine rings is 1. The second kappa shape index (κ2) is 10.8. The zero-order chi connectivity index (χ0) is 27.7. The molecule has 0 aliphatic carbocycles. The van der Waals surface area contributed by atoms with Gasteiger partial charge in [0.25, 0.3) is 11.8 Å². The Morgan fingerprint density at radius 3 is 2.42 bits per heavy atom. The van der Waals surface area contributed by atoms with Gasteiger partial charge in [0, 0.05) is 29.3 Å². The summed E-state index contributed by atoms with van der Waals surface area (Å²) in [4.78, 5) is 43.0. The van der Waals surface area contributed by atoms with Crippen molar-refractivity contribution in [3.8, 4) is 5.75 Å². The Labute approximate surface area is 222 Å². The Morgan fingerprint density at radius 2 is 1.84 bits per heavy atom. The highest BCUT2D eigenvalue weighted by Gasteiger charge is 2.43. The number of alkyl halides is 3. The molecule has 1 aromatic heterocycles. The number of benzene rings is 1. The van der Waals surface area contributed by atoms with Crippen molar-refractivity contribution < 1.29 is 32.3 Å². The minimum Gasteiger partial charge on any atom is -0.477 e. The molecule has 38 heavy (non-hydrogen) atoms. The first-order valence-electron chi connectivity index (χ1n) is 12.2. The van der Waals surface area contributed by atoms with Crippen LogP contribution in [0.15, 0.2) is 36.5 Å². The van der Waals surface area contributed by atoms with Gasteiger partial charge in [0.2, 0.25) is 0 Å². The number of amides is 2. The zero-order valence-electron chi connectivity index (χ0n) is 20.8. The van der Waals surface area contributed by atoms with Gasteiger partial charge in [-0.15, -0.1) is 0 Å². The number of rotatable bonds is 8. The number of aldehydes is 1. The van der Waals surface area contributed by atoms with E-state index in [1.54, 1.807) is 32.0 Å². The lowest BCUT2D eigenvalue weighted by molar-refractivity contribution is -0.135. The van der Waals surface area contributed by atoms with Gasteiger partial charge in [0.15, 0.2) is 11.9 Å². The van der Waals surface area contributed by atoms with Crippen LogP contribution in [0.4, 0.5) is 19.0 Å². The van der Waals surface area contributed by atoms with Crippen molar-refractivity contribution in [1.82, 2.24) is 15.6 Å². The first-order chi connectivity index (χ1) is 17.9. The molecule has 2 aliphatic rings. The third kappa shape index (κ3) is 6.38. The minimum atomic E-state index is -4.49. The molecule has 0 radical (unpaired) electrons. The van der Waals surface area contributed by atoms with Crippen LogP contribution < -0.4 is 20.3 Å². The maximum absolute atomic E-state index is 13.1. The van der Waals surface area contributed by atoms with E-state index in [-0.39, 0.29) is 40.9 Å². The summed E-state index contributed by atoms with van der Waals surface area (Å²) < 4.78 is 43.0. The number of hydrogen-bond donors (Lipinski definition) is 2. The molecule has 3 heterocycles. The van der Waals surface area contributed by atoms with Crippen LogP contribution in [0.1, 0.15) is 60.2 Å². The van der Waals surface area contributed by atoms with Gasteiger partial charge in [-0.2, -0.15) is 13.2 Å². The number of aromatic nitrogens is 1. The van der Waals surface area contributed by atoms with E-state index in [0.29, 0.717) is 30.0 Å². The Hall–Kier alpha value is -3.34. The molecule has 2 aromatic rings. The van der Waals surface area contributed by atoms with Crippen molar-refractivity contribution >= 4 is 35.5 Å². The Balaban J connectivity index is 1.36. The van der Waals surface area contributed by atoms with Gasteiger partial charge in [0.1, 0.15) is 18.1 Å². The highest BCUT2D eigenvalue weighted by atomic mass is 35.5. The summed E-state index contributed by atoms with van der Waals surface area (Å²) in [6.07, 6.45) is 0.566. The summed E-state index contributed by atoms with van der Waals surface area (Å²) >= 11 is 5.94.